The van der Waals surface area contributed by atoms with Crippen LogP contribution in [0.4, 0.5) is 10.3 Å². The molecule has 1 aromatic heterocycles. The van der Waals surface area contributed by atoms with Gasteiger partial charge in [0.15, 0.2) is 5.82 Å². The number of imidazole rings is 1. The van der Waals surface area contributed by atoms with Gasteiger partial charge in [0.2, 0.25) is 5.95 Å². The summed E-state index contributed by atoms with van der Waals surface area (Å²) >= 11 is 0. The number of aromatic nitrogens is 2. The van der Waals surface area contributed by atoms with Crippen LogP contribution in [0.5, 0.6) is 0 Å². The first-order chi connectivity index (χ1) is 9.69. The van der Waals surface area contributed by atoms with Gasteiger partial charge in [0.05, 0.1) is 5.52 Å². The zero-order valence-electron chi connectivity index (χ0n) is 11.8. The number of benzene rings is 1. The number of nitrogens with zero attached hydrogens (tertiary/aromatic N) is 3. The van der Waals surface area contributed by atoms with Gasteiger partial charge in [0.1, 0.15) is 5.52 Å². The van der Waals surface area contributed by atoms with Gasteiger partial charge in [-0.15, -0.1) is 0 Å². The molecule has 3 rings (SSSR count). The molecule has 4 nitrogen and oxygen atoms in total. The Bertz CT molecular complexity index is 599. The van der Waals surface area contributed by atoms with E-state index in [0.29, 0.717) is 17.4 Å². The number of rotatable bonds is 3. The molecule has 1 fully saturated rings. The van der Waals surface area contributed by atoms with E-state index in [1.54, 1.807) is 6.07 Å². The molecule has 0 spiro atoms. The lowest BCUT2D eigenvalue weighted by Gasteiger charge is -2.31. The van der Waals surface area contributed by atoms with Crippen molar-refractivity contribution in [2.75, 3.05) is 25.4 Å². The van der Waals surface area contributed by atoms with Crippen LogP contribution in [-0.4, -0.2) is 34.1 Å². The number of likely N-dealkylation sites (tertiary alicyclic amines) is 1. The Morgan fingerprint density at radius 2 is 2.10 bits per heavy atom. The lowest BCUT2D eigenvalue weighted by atomic mass is 9.96. The first-order valence-corrected chi connectivity index (χ1v) is 7.31. The highest BCUT2D eigenvalue weighted by molar-refractivity contribution is 5.78. The number of fused-ring (bicyclic) bond motifs is 1. The molecule has 2 heterocycles. The van der Waals surface area contributed by atoms with Gasteiger partial charge in [-0.05, 0) is 50.5 Å². The van der Waals surface area contributed by atoms with Crippen LogP contribution in [0.1, 0.15) is 19.8 Å². The van der Waals surface area contributed by atoms with Gasteiger partial charge in [-0.3, -0.25) is 0 Å². The fourth-order valence-corrected chi connectivity index (χ4v) is 3.07. The number of hydrogen-bond donors (Lipinski definition) is 1. The molecule has 0 radical (unpaired) electrons. The van der Waals surface area contributed by atoms with Gasteiger partial charge in [-0.2, -0.15) is 0 Å². The van der Waals surface area contributed by atoms with E-state index in [0.717, 1.165) is 31.7 Å². The van der Waals surface area contributed by atoms with Gasteiger partial charge >= 0.3 is 0 Å². The molecule has 20 heavy (non-hydrogen) atoms. The highest BCUT2D eigenvalue weighted by Gasteiger charge is 2.20. The number of para-hydroxylation sites is 1. The van der Waals surface area contributed by atoms with Crippen LogP contribution < -0.4 is 5.73 Å². The Kier molecular flexibility index (Phi) is 3.61. The maximum atomic E-state index is 13.7. The van der Waals surface area contributed by atoms with Crippen molar-refractivity contribution >= 4 is 17.0 Å². The highest BCUT2D eigenvalue weighted by atomic mass is 19.1. The van der Waals surface area contributed by atoms with E-state index in [1.165, 1.54) is 18.9 Å². The van der Waals surface area contributed by atoms with Gasteiger partial charge < -0.3 is 15.2 Å². The third-order valence-corrected chi connectivity index (χ3v) is 4.35. The number of halogens is 1. The van der Waals surface area contributed by atoms with Crippen molar-refractivity contribution in [1.29, 1.82) is 0 Å². The van der Waals surface area contributed by atoms with Crippen LogP contribution in [0.25, 0.3) is 11.0 Å². The second-order valence-electron chi connectivity index (χ2n) is 5.57. The SMILES string of the molecule is CCN1CCC(Cn2c(N)nc3c(F)cccc32)CC1. The summed E-state index contributed by atoms with van der Waals surface area (Å²) in [7, 11) is 0. The van der Waals surface area contributed by atoms with E-state index in [-0.39, 0.29) is 5.82 Å². The molecular weight excluding hydrogens is 255 g/mol. The smallest absolute Gasteiger partial charge is 0.201 e. The molecule has 108 valence electrons. The van der Waals surface area contributed by atoms with Crippen LogP contribution in [0, 0.1) is 11.7 Å². The Labute approximate surface area is 118 Å². The molecule has 1 aliphatic rings. The Morgan fingerprint density at radius 3 is 2.80 bits per heavy atom. The Hall–Kier alpha value is -1.62. The Morgan fingerprint density at radius 1 is 1.35 bits per heavy atom. The zero-order chi connectivity index (χ0) is 14.1. The number of piperidine rings is 1. The van der Waals surface area contributed by atoms with Crippen LogP contribution in [-0.2, 0) is 6.54 Å². The summed E-state index contributed by atoms with van der Waals surface area (Å²) in [6.45, 7) is 6.44. The summed E-state index contributed by atoms with van der Waals surface area (Å²) in [6.07, 6.45) is 2.34. The molecule has 0 amide bonds. The molecule has 1 aromatic carbocycles. The molecule has 0 bridgehead atoms. The molecule has 2 aromatic rings. The van der Waals surface area contributed by atoms with Crippen molar-refractivity contribution in [3.05, 3.63) is 24.0 Å². The maximum absolute atomic E-state index is 13.7. The van der Waals surface area contributed by atoms with Crippen molar-refractivity contribution < 1.29 is 4.39 Å². The summed E-state index contributed by atoms with van der Waals surface area (Å²) in [5, 5.41) is 0. The molecule has 1 aliphatic heterocycles. The minimum atomic E-state index is -0.297. The molecule has 0 atom stereocenters. The molecular formula is C15H21FN4. The monoisotopic (exact) mass is 276 g/mol. The molecule has 1 saturated heterocycles. The fourth-order valence-electron chi connectivity index (χ4n) is 3.07. The van der Waals surface area contributed by atoms with Crippen molar-refractivity contribution in [3.8, 4) is 0 Å². The van der Waals surface area contributed by atoms with E-state index in [9.17, 15) is 4.39 Å². The van der Waals surface area contributed by atoms with Crippen molar-refractivity contribution in [1.82, 2.24) is 14.5 Å². The van der Waals surface area contributed by atoms with Crippen LogP contribution >= 0.6 is 0 Å². The van der Waals surface area contributed by atoms with E-state index < -0.39 is 0 Å². The predicted octanol–water partition coefficient (Wildman–Crippen LogP) is 2.49. The molecule has 0 aliphatic carbocycles. The minimum absolute atomic E-state index is 0.297. The van der Waals surface area contributed by atoms with Crippen LogP contribution in [0.3, 0.4) is 0 Å². The summed E-state index contributed by atoms with van der Waals surface area (Å²) in [6, 6.07) is 5.04. The average Bonchev–Trinajstić information content (AvgIpc) is 2.78. The van der Waals surface area contributed by atoms with Crippen molar-refractivity contribution in [2.45, 2.75) is 26.3 Å². The number of anilines is 1. The lowest BCUT2D eigenvalue weighted by molar-refractivity contribution is 0.182. The lowest BCUT2D eigenvalue weighted by Crippen LogP contribution is -2.34. The third kappa shape index (κ3) is 2.38. The summed E-state index contributed by atoms with van der Waals surface area (Å²) in [5.41, 5.74) is 7.16. The van der Waals surface area contributed by atoms with Crippen molar-refractivity contribution in [2.24, 2.45) is 5.92 Å². The quantitative estimate of drug-likeness (QED) is 0.937. The number of nitrogens with two attached hydrogens (primary N) is 1. The van der Waals surface area contributed by atoms with Crippen LogP contribution in [0.2, 0.25) is 0 Å². The molecule has 0 unspecified atom stereocenters. The normalized spacial score (nSPS) is 17.9. The standard InChI is InChI=1S/C15H21FN4/c1-2-19-8-6-11(7-9-19)10-20-13-5-3-4-12(16)14(13)18-15(20)17/h3-5,11H,2,6-10H2,1H3,(H2,17,18). The van der Waals surface area contributed by atoms with Crippen molar-refractivity contribution in [3.63, 3.8) is 0 Å². The molecule has 5 heteroatoms. The zero-order valence-corrected chi connectivity index (χ0v) is 11.8. The fraction of sp³-hybridized carbons (Fsp3) is 0.533. The predicted molar refractivity (Wildman–Crippen MR) is 78.9 cm³/mol. The summed E-state index contributed by atoms with van der Waals surface area (Å²) < 4.78 is 15.7. The maximum Gasteiger partial charge on any atom is 0.201 e. The summed E-state index contributed by atoms with van der Waals surface area (Å²) in [5.74, 6) is 0.720. The van der Waals surface area contributed by atoms with Gasteiger partial charge in [-0.25, -0.2) is 9.37 Å². The number of nitrogen functional groups attached to an aromatic ring is 1. The topological polar surface area (TPSA) is 47.1 Å². The summed E-state index contributed by atoms with van der Waals surface area (Å²) in [4.78, 5) is 6.63. The second-order valence-corrected chi connectivity index (χ2v) is 5.57. The van der Waals surface area contributed by atoms with E-state index in [1.807, 2.05) is 10.6 Å². The van der Waals surface area contributed by atoms with E-state index >= 15 is 0 Å². The highest BCUT2D eigenvalue weighted by Crippen LogP contribution is 2.25. The van der Waals surface area contributed by atoms with Gasteiger partial charge in [0.25, 0.3) is 0 Å². The average molecular weight is 276 g/mol. The van der Waals surface area contributed by atoms with E-state index in [4.69, 9.17) is 5.73 Å². The number of hydrogen-bond acceptors (Lipinski definition) is 3. The minimum Gasteiger partial charge on any atom is -0.369 e. The van der Waals surface area contributed by atoms with Gasteiger partial charge in [-0.1, -0.05) is 13.0 Å². The largest absolute Gasteiger partial charge is 0.369 e. The third-order valence-electron chi connectivity index (χ3n) is 4.35. The van der Waals surface area contributed by atoms with E-state index in [2.05, 4.69) is 16.8 Å². The Balaban J connectivity index is 1.81. The van der Waals surface area contributed by atoms with Gasteiger partial charge in [0, 0.05) is 6.54 Å². The first-order valence-electron chi connectivity index (χ1n) is 7.31. The molecule has 2 N–H and O–H groups in total. The second kappa shape index (κ2) is 5.40. The molecule has 0 saturated carbocycles. The van der Waals surface area contributed by atoms with Crippen LogP contribution in [0.15, 0.2) is 18.2 Å². The first kappa shape index (κ1) is 13.4.